The number of aromatic nitrogens is 1. The molecule has 70 valence electrons. The van der Waals surface area contributed by atoms with Crippen molar-refractivity contribution in [3.05, 3.63) is 36.0 Å². The molecule has 0 aliphatic carbocycles. The molecule has 0 saturated carbocycles. The minimum absolute atomic E-state index is 0.884. The van der Waals surface area contributed by atoms with E-state index in [9.17, 15) is 0 Å². The van der Waals surface area contributed by atoms with Crippen molar-refractivity contribution < 1.29 is 0 Å². The third-order valence-corrected chi connectivity index (χ3v) is 2.52. The maximum absolute atomic E-state index is 4.41. The molecule has 2 N–H and O–H groups in total. The van der Waals surface area contributed by atoms with E-state index in [0.717, 1.165) is 18.9 Å². The third kappa shape index (κ3) is 1.02. The largest absolute Gasteiger partial charge is 0.368 e. The fraction of sp³-hybridized carbons (Fsp3) is 0.182. The van der Waals surface area contributed by atoms with E-state index in [-0.39, 0.29) is 0 Å². The molecular formula is C11H11N3. The van der Waals surface area contributed by atoms with Crippen LogP contribution in [0, 0.1) is 0 Å². The van der Waals surface area contributed by atoms with Crippen LogP contribution in [0.5, 0.6) is 0 Å². The van der Waals surface area contributed by atoms with E-state index in [1.165, 1.54) is 16.5 Å². The molecule has 14 heavy (non-hydrogen) atoms. The van der Waals surface area contributed by atoms with Crippen molar-refractivity contribution in [3.63, 3.8) is 0 Å². The zero-order valence-electron chi connectivity index (χ0n) is 7.75. The van der Waals surface area contributed by atoms with Crippen LogP contribution in [-0.2, 0) is 0 Å². The summed E-state index contributed by atoms with van der Waals surface area (Å²) in [5, 5.41) is 4.52. The molecule has 3 rings (SSSR count). The van der Waals surface area contributed by atoms with Crippen LogP contribution in [0.4, 0.5) is 0 Å². The van der Waals surface area contributed by atoms with Crippen LogP contribution in [-0.4, -0.2) is 23.9 Å². The van der Waals surface area contributed by atoms with Crippen LogP contribution in [0.2, 0.25) is 0 Å². The van der Waals surface area contributed by atoms with Crippen LogP contribution in [0.15, 0.2) is 35.5 Å². The molecule has 1 aliphatic heterocycles. The number of nitrogens with one attached hydrogen (secondary N) is 2. The summed E-state index contributed by atoms with van der Waals surface area (Å²) in [6, 6.07) is 8.28. The van der Waals surface area contributed by atoms with Gasteiger partial charge in [-0.2, -0.15) is 0 Å². The number of hydrogen-bond acceptors (Lipinski definition) is 2. The standard InChI is InChI=1S/C11H11N3/c1-2-4-10-8(3-1)9(7-14-10)11-12-5-6-13-11/h1-4,7,14H,5-6H2,(H,12,13). The molecule has 1 aromatic heterocycles. The molecule has 0 radical (unpaired) electrons. The zero-order chi connectivity index (χ0) is 9.38. The van der Waals surface area contributed by atoms with Gasteiger partial charge in [-0.25, -0.2) is 0 Å². The van der Waals surface area contributed by atoms with Crippen LogP contribution in [0.25, 0.3) is 10.9 Å². The summed E-state index contributed by atoms with van der Waals surface area (Å²) in [7, 11) is 0. The highest BCUT2D eigenvalue weighted by Crippen LogP contribution is 2.18. The van der Waals surface area contributed by atoms with Crippen molar-refractivity contribution in [3.8, 4) is 0 Å². The molecule has 0 saturated heterocycles. The molecule has 2 heterocycles. The molecule has 0 spiro atoms. The quantitative estimate of drug-likeness (QED) is 0.694. The minimum Gasteiger partial charge on any atom is -0.368 e. The lowest BCUT2D eigenvalue weighted by molar-refractivity contribution is 0.960. The van der Waals surface area contributed by atoms with E-state index >= 15 is 0 Å². The maximum atomic E-state index is 4.41. The highest BCUT2D eigenvalue weighted by Gasteiger charge is 2.11. The van der Waals surface area contributed by atoms with Gasteiger partial charge in [-0.05, 0) is 6.07 Å². The van der Waals surface area contributed by atoms with E-state index in [1.807, 2.05) is 12.3 Å². The van der Waals surface area contributed by atoms with Crippen molar-refractivity contribution in [2.24, 2.45) is 4.99 Å². The molecule has 3 nitrogen and oxygen atoms in total. The normalized spacial score (nSPS) is 15.6. The Morgan fingerprint density at radius 1 is 1.21 bits per heavy atom. The minimum atomic E-state index is 0.884. The number of aromatic amines is 1. The Morgan fingerprint density at radius 2 is 2.14 bits per heavy atom. The number of nitrogens with zero attached hydrogens (tertiary/aromatic N) is 1. The van der Waals surface area contributed by atoms with Crippen molar-refractivity contribution in [1.29, 1.82) is 0 Å². The highest BCUT2D eigenvalue weighted by atomic mass is 15.1. The molecule has 0 bridgehead atoms. The second kappa shape index (κ2) is 2.87. The van der Waals surface area contributed by atoms with Gasteiger partial charge in [0.05, 0.1) is 6.54 Å². The summed E-state index contributed by atoms with van der Waals surface area (Å²) in [6.45, 7) is 1.84. The number of H-pyrrole nitrogens is 1. The fourth-order valence-electron chi connectivity index (χ4n) is 1.85. The van der Waals surface area contributed by atoms with Crippen LogP contribution < -0.4 is 5.32 Å². The van der Waals surface area contributed by atoms with Crippen molar-refractivity contribution in [2.75, 3.05) is 13.1 Å². The number of hydrogen-bond donors (Lipinski definition) is 2. The predicted molar refractivity (Wildman–Crippen MR) is 57.7 cm³/mol. The fourth-order valence-corrected chi connectivity index (χ4v) is 1.85. The highest BCUT2D eigenvalue weighted by molar-refractivity contribution is 6.10. The van der Waals surface area contributed by atoms with Crippen molar-refractivity contribution >= 4 is 16.7 Å². The Balaban J connectivity index is 2.21. The van der Waals surface area contributed by atoms with Gasteiger partial charge in [0.2, 0.25) is 0 Å². The maximum Gasteiger partial charge on any atom is 0.130 e. The Morgan fingerprint density at radius 3 is 3.00 bits per heavy atom. The first-order valence-electron chi connectivity index (χ1n) is 4.80. The van der Waals surface area contributed by atoms with Gasteiger partial charge in [0, 0.05) is 29.2 Å². The summed E-state index contributed by atoms with van der Waals surface area (Å²) in [5.74, 6) is 1.02. The van der Waals surface area contributed by atoms with E-state index in [1.54, 1.807) is 0 Å². The van der Waals surface area contributed by atoms with Gasteiger partial charge in [-0.3, -0.25) is 4.99 Å². The molecule has 0 atom stereocenters. The Bertz CT molecular complexity index is 496. The number of para-hydroxylation sites is 1. The number of aliphatic imine (C=N–C) groups is 1. The Labute approximate surface area is 81.9 Å². The molecule has 0 amide bonds. The zero-order valence-corrected chi connectivity index (χ0v) is 7.75. The molecule has 3 heteroatoms. The summed E-state index contributed by atoms with van der Waals surface area (Å²) in [6.07, 6.45) is 2.02. The van der Waals surface area contributed by atoms with Crippen molar-refractivity contribution in [2.45, 2.75) is 0 Å². The molecule has 0 fully saturated rings. The van der Waals surface area contributed by atoms with Gasteiger partial charge < -0.3 is 10.3 Å². The lowest BCUT2D eigenvalue weighted by Crippen LogP contribution is -2.18. The molecule has 1 aromatic carbocycles. The van der Waals surface area contributed by atoms with Gasteiger partial charge in [0.1, 0.15) is 5.84 Å². The Hall–Kier alpha value is -1.77. The van der Waals surface area contributed by atoms with Crippen molar-refractivity contribution in [1.82, 2.24) is 10.3 Å². The first-order valence-corrected chi connectivity index (χ1v) is 4.80. The number of benzene rings is 1. The van der Waals surface area contributed by atoms with Crippen LogP contribution in [0.3, 0.4) is 0 Å². The molecule has 2 aromatic rings. The van der Waals surface area contributed by atoms with E-state index in [0.29, 0.717) is 0 Å². The smallest absolute Gasteiger partial charge is 0.130 e. The first-order chi connectivity index (χ1) is 6.95. The van der Waals surface area contributed by atoms with Gasteiger partial charge in [-0.15, -0.1) is 0 Å². The summed E-state index contributed by atoms with van der Waals surface area (Å²) < 4.78 is 0. The van der Waals surface area contributed by atoms with E-state index < -0.39 is 0 Å². The topological polar surface area (TPSA) is 40.2 Å². The molecule has 0 unspecified atom stereocenters. The summed E-state index contributed by atoms with van der Waals surface area (Å²) in [4.78, 5) is 7.66. The predicted octanol–water partition coefficient (Wildman–Crippen LogP) is 1.52. The van der Waals surface area contributed by atoms with Gasteiger partial charge >= 0.3 is 0 Å². The molecular weight excluding hydrogens is 174 g/mol. The van der Waals surface area contributed by atoms with Crippen LogP contribution in [0.1, 0.15) is 5.56 Å². The Kier molecular flexibility index (Phi) is 1.56. The van der Waals surface area contributed by atoms with Gasteiger partial charge in [0.25, 0.3) is 0 Å². The van der Waals surface area contributed by atoms with Gasteiger partial charge in [-0.1, -0.05) is 18.2 Å². The average molecular weight is 185 g/mol. The first kappa shape index (κ1) is 7.62. The number of amidine groups is 1. The molecule has 1 aliphatic rings. The van der Waals surface area contributed by atoms with E-state index in [4.69, 9.17) is 0 Å². The summed E-state index contributed by atoms with van der Waals surface area (Å²) >= 11 is 0. The SMILES string of the molecule is c1ccc2c(C3=NCCN3)c[nH]c2c1. The lowest BCUT2D eigenvalue weighted by Gasteiger charge is -1.98. The third-order valence-electron chi connectivity index (χ3n) is 2.52. The van der Waals surface area contributed by atoms with E-state index in [2.05, 4.69) is 33.5 Å². The lowest BCUT2D eigenvalue weighted by atomic mass is 10.1. The van der Waals surface area contributed by atoms with Crippen LogP contribution >= 0.6 is 0 Å². The number of fused-ring (bicyclic) bond motifs is 1. The second-order valence-corrected chi connectivity index (χ2v) is 3.41. The van der Waals surface area contributed by atoms with Gasteiger partial charge in [0.15, 0.2) is 0 Å². The summed E-state index contributed by atoms with van der Waals surface area (Å²) in [5.41, 5.74) is 2.34. The average Bonchev–Trinajstić information content (AvgIpc) is 2.85. The number of rotatable bonds is 1. The second-order valence-electron chi connectivity index (χ2n) is 3.41. The monoisotopic (exact) mass is 185 g/mol.